The van der Waals surface area contributed by atoms with E-state index in [-0.39, 0.29) is 5.41 Å². The largest absolute Gasteiger partial charge is 0.304 e. The van der Waals surface area contributed by atoms with Gasteiger partial charge in [-0.2, -0.15) is 0 Å². The Labute approximate surface area is 62.2 Å². The Morgan fingerprint density at radius 2 is 2.10 bits per heavy atom. The van der Waals surface area contributed by atoms with Crippen LogP contribution < -0.4 is 0 Å². The van der Waals surface area contributed by atoms with Crippen LogP contribution in [0.4, 0.5) is 0 Å². The quantitative estimate of drug-likeness (QED) is 0.570. The molecule has 0 aliphatic carbocycles. The van der Waals surface area contributed by atoms with Crippen LogP contribution >= 0.6 is 0 Å². The highest BCUT2D eigenvalue weighted by Crippen LogP contribution is 2.33. The highest BCUT2D eigenvalue weighted by molar-refractivity contribution is 5.83. The number of likely N-dealkylation sites (tertiary alicyclic amines) is 1. The van der Waals surface area contributed by atoms with Gasteiger partial charge in [0.25, 0.3) is 0 Å². The lowest BCUT2D eigenvalue weighted by Gasteiger charge is -2.46. The van der Waals surface area contributed by atoms with Crippen molar-refractivity contribution in [2.75, 3.05) is 20.1 Å². The first-order valence-electron chi connectivity index (χ1n) is 3.80. The molecule has 0 saturated carbocycles. The van der Waals surface area contributed by atoms with Crippen molar-refractivity contribution < 1.29 is 4.79 Å². The number of ketones is 1. The molecule has 1 heterocycles. The minimum atomic E-state index is 0.0226. The third-order valence-electron chi connectivity index (χ3n) is 2.57. The van der Waals surface area contributed by atoms with Gasteiger partial charge in [-0.1, -0.05) is 6.92 Å². The van der Waals surface area contributed by atoms with Gasteiger partial charge < -0.3 is 4.90 Å². The molecule has 0 unspecified atom stereocenters. The van der Waals surface area contributed by atoms with Crippen molar-refractivity contribution >= 4 is 5.78 Å². The van der Waals surface area contributed by atoms with E-state index >= 15 is 0 Å². The summed E-state index contributed by atoms with van der Waals surface area (Å²) in [6.45, 7) is 5.71. The van der Waals surface area contributed by atoms with E-state index < -0.39 is 0 Å². The molecule has 1 aliphatic rings. The maximum Gasteiger partial charge on any atom is 0.138 e. The second-order valence-corrected chi connectivity index (χ2v) is 3.36. The molecule has 2 nitrogen and oxygen atoms in total. The molecule has 1 aliphatic heterocycles. The lowest BCUT2D eigenvalue weighted by atomic mass is 9.75. The SMILES string of the molecule is CCC1(C(C)=O)CN(C)C1. The highest BCUT2D eigenvalue weighted by atomic mass is 16.1. The summed E-state index contributed by atoms with van der Waals surface area (Å²) in [7, 11) is 2.05. The van der Waals surface area contributed by atoms with Gasteiger partial charge in [0.15, 0.2) is 0 Å². The van der Waals surface area contributed by atoms with E-state index in [4.69, 9.17) is 0 Å². The van der Waals surface area contributed by atoms with Gasteiger partial charge >= 0.3 is 0 Å². The first kappa shape index (κ1) is 7.73. The van der Waals surface area contributed by atoms with Gasteiger partial charge in [-0.25, -0.2) is 0 Å². The first-order valence-corrected chi connectivity index (χ1v) is 3.80. The lowest BCUT2D eigenvalue weighted by molar-refractivity contribution is -0.136. The van der Waals surface area contributed by atoms with Crippen molar-refractivity contribution in [2.24, 2.45) is 5.41 Å². The molecule has 0 amide bonds. The van der Waals surface area contributed by atoms with Crippen molar-refractivity contribution in [2.45, 2.75) is 20.3 Å². The van der Waals surface area contributed by atoms with Gasteiger partial charge in [0.1, 0.15) is 5.78 Å². The molecular formula is C8H15NO. The van der Waals surface area contributed by atoms with Crippen LogP contribution in [0.25, 0.3) is 0 Å². The molecule has 1 saturated heterocycles. The molecule has 0 N–H and O–H groups in total. The minimum Gasteiger partial charge on any atom is -0.304 e. The zero-order valence-electron chi connectivity index (χ0n) is 6.98. The zero-order valence-corrected chi connectivity index (χ0v) is 6.98. The Morgan fingerprint density at radius 3 is 2.20 bits per heavy atom. The summed E-state index contributed by atoms with van der Waals surface area (Å²) in [5, 5.41) is 0. The van der Waals surface area contributed by atoms with E-state index in [2.05, 4.69) is 18.9 Å². The summed E-state index contributed by atoms with van der Waals surface area (Å²) >= 11 is 0. The number of hydrogen-bond donors (Lipinski definition) is 0. The number of nitrogens with zero attached hydrogens (tertiary/aromatic N) is 1. The van der Waals surface area contributed by atoms with Gasteiger partial charge in [-0.3, -0.25) is 4.79 Å². The predicted octanol–water partition coefficient (Wildman–Crippen LogP) is 0.917. The standard InChI is InChI=1S/C8H15NO/c1-4-8(7(2)10)5-9(3)6-8/h4-6H2,1-3H3. The molecule has 0 aromatic heterocycles. The lowest BCUT2D eigenvalue weighted by Crippen LogP contribution is -2.57. The monoisotopic (exact) mass is 141 g/mol. The second kappa shape index (κ2) is 2.35. The molecule has 0 radical (unpaired) electrons. The zero-order chi connectivity index (χ0) is 7.78. The van der Waals surface area contributed by atoms with E-state index in [9.17, 15) is 4.79 Å². The van der Waals surface area contributed by atoms with Crippen LogP contribution in [-0.2, 0) is 4.79 Å². The number of hydrogen-bond acceptors (Lipinski definition) is 2. The summed E-state index contributed by atoms with van der Waals surface area (Å²) in [6, 6.07) is 0. The van der Waals surface area contributed by atoms with Crippen molar-refractivity contribution in [1.82, 2.24) is 4.90 Å². The van der Waals surface area contributed by atoms with E-state index in [0.717, 1.165) is 19.5 Å². The molecule has 58 valence electrons. The number of Topliss-reactive ketones (excluding diaryl/α,β-unsaturated/α-hetero) is 1. The predicted molar refractivity (Wildman–Crippen MR) is 40.9 cm³/mol. The normalized spacial score (nSPS) is 23.9. The molecule has 1 fully saturated rings. The fourth-order valence-corrected chi connectivity index (χ4v) is 1.68. The summed E-state index contributed by atoms with van der Waals surface area (Å²) in [5.74, 6) is 0.355. The van der Waals surface area contributed by atoms with Crippen molar-refractivity contribution in [3.63, 3.8) is 0 Å². The average molecular weight is 141 g/mol. The topological polar surface area (TPSA) is 20.3 Å². The Balaban J connectivity index is 2.56. The molecule has 0 aromatic rings. The van der Waals surface area contributed by atoms with Crippen LogP contribution in [-0.4, -0.2) is 30.8 Å². The van der Waals surface area contributed by atoms with Crippen LogP contribution in [0.1, 0.15) is 20.3 Å². The van der Waals surface area contributed by atoms with E-state index in [0.29, 0.717) is 5.78 Å². The minimum absolute atomic E-state index is 0.0226. The maximum absolute atomic E-state index is 11.1. The Kier molecular flexibility index (Phi) is 1.82. The Morgan fingerprint density at radius 1 is 1.60 bits per heavy atom. The second-order valence-electron chi connectivity index (χ2n) is 3.36. The summed E-state index contributed by atoms with van der Waals surface area (Å²) < 4.78 is 0. The van der Waals surface area contributed by atoms with Crippen molar-refractivity contribution in [3.05, 3.63) is 0 Å². The van der Waals surface area contributed by atoms with Gasteiger partial charge in [0.2, 0.25) is 0 Å². The van der Waals surface area contributed by atoms with Gasteiger partial charge in [-0.05, 0) is 20.4 Å². The molecule has 0 bridgehead atoms. The third kappa shape index (κ3) is 0.966. The van der Waals surface area contributed by atoms with E-state index in [1.807, 2.05) is 0 Å². The van der Waals surface area contributed by atoms with E-state index in [1.54, 1.807) is 6.92 Å². The van der Waals surface area contributed by atoms with E-state index in [1.165, 1.54) is 0 Å². The van der Waals surface area contributed by atoms with Gasteiger partial charge in [0.05, 0.1) is 5.41 Å². The van der Waals surface area contributed by atoms with Gasteiger partial charge in [-0.15, -0.1) is 0 Å². The van der Waals surface area contributed by atoms with Crippen LogP contribution in [0.2, 0.25) is 0 Å². The Bertz CT molecular complexity index is 147. The molecule has 2 heteroatoms. The van der Waals surface area contributed by atoms with Crippen LogP contribution in [0.5, 0.6) is 0 Å². The van der Waals surface area contributed by atoms with Crippen LogP contribution in [0.15, 0.2) is 0 Å². The van der Waals surface area contributed by atoms with Crippen molar-refractivity contribution in [3.8, 4) is 0 Å². The molecular weight excluding hydrogens is 126 g/mol. The number of rotatable bonds is 2. The summed E-state index contributed by atoms with van der Waals surface area (Å²) in [4.78, 5) is 13.3. The fourth-order valence-electron chi connectivity index (χ4n) is 1.68. The smallest absolute Gasteiger partial charge is 0.138 e. The number of carbonyl (C=O) groups excluding carboxylic acids is 1. The van der Waals surface area contributed by atoms with Gasteiger partial charge in [0, 0.05) is 13.1 Å². The molecule has 10 heavy (non-hydrogen) atoms. The maximum atomic E-state index is 11.1. The summed E-state index contributed by atoms with van der Waals surface area (Å²) in [6.07, 6.45) is 0.993. The molecule has 0 atom stereocenters. The average Bonchev–Trinajstić information content (AvgIpc) is 1.79. The Hall–Kier alpha value is -0.370. The highest BCUT2D eigenvalue weighted by Gasteiger charge is 2.43. The molecule has 0 aromatic carbocycles. The van der Waals surface area contributed by atoms with Crippen LogP contribution in [0, 0.1) is 5.41 Å². The first-order chi connectivity index (χ1) is 4.60. The van der Waals surface area contributed by atoms with Crippen molar-refractivity contribution in [1.29, 1.82) is 0 Å². The van der Waals surface area contributed by atoms with Crippen LogP contribution in [0.3, 0.4) is 0 Å². The summed E-state index contributed by atoms with van der Waals surface area (Å²) in [5.41, 5.74) is 0.0226. The third-order valence-corrected chi connectivity index (χ3v) is 2.57. The number of carbonyl (C=O) groups is 1. The molecule has 1 rings (SSSR count). The fraction of sp³-hybridized carbons (Fsp3) is 0.875. The molecule has 0 spiro atoms.